The summed E-state index contributed by atoms with van der Waals surface area (Å²) in [6, 6.07) is 20.9. The van der Waals surface area contributed by atoms with E-state index in [1.54, 1.807) is 42.5 Å². The average Bonchev–Trinajstić information content (AvgIpc) is 3.00. The number of halogens is 4. The van der Waals surface area contributed by atoms with Gasteiger partial charge in [-0.25, -0.2) is 4.79 Å². The van der Waals surface area contributed by atoms with Crippen LogP contribution in [0.25, 0.3) is 0 Å². The molecule has 0 aliphatic heterocycles. The lowest BCUT2D eigenvalue weighted by Gasteiger charge is -2.18. The number of nitrogens with one attached hydrogen (secondary N) is 2. The van der Waals surface area contributed by atoms with Crippen molar-refractivity contribution in [3.05, 3.63) is 110 Å². The lowest BCUT2D eigenvalue weighted by Crippen LogP contribution is -2.19. The Bertz CT molecular complexity index is 1680. The van der Waals surface area contributed by atoms with Crippen molar-refractivity contribution in [1.82, 2.24) is 0 Å². The predicted octanol–water partition coefficient (Wildman–Crippen LogP) is 8.74. The molecule has 8 nitrogen and oxygen atoms in total. The van der Waals surface area contributed by atoms with E-state index in [4.69, 9.17) is 55.9 Å². The summed E-state index contributed by atoms with van der Waals surface area (Å²) in [6.07, 6.45) is 0. The van der Waals surface area contributed by atoms with Crippen LogP contribution >= 0.6 is 58.2 Å². The van der Waals surface area contributed by atoms with E-state index >= 15 is 0 Å². The van der Waals surface area contributed by atoms with E-state index in [0.29, 0.717) is 27.8 Å². The van der Waals surface area contributed by atoms with Crippen molar-refractivity contribution < 1.29 is 29.0 Å². The molecule has 0 spiro atoms. The number of carboxylic acid groups (broad SMARTS) is 1. The van der Waals surface area contributed by atoms with Crippen LogP contribution < -0.4 is 20.1 Å². The number of carbonyl (C=O) groups excluding carboxylic acids is 2. The summed E-state index contributed by atoms with van der Waals surface area (Å²) in [5.74, 6) is -1.67. The number of amides is 2. The third kappa shape index (κ3) is 7.49. The molecule has 0 heterocycles. The molecule has 4 rings (SSSR count). The largest absolute Gasteiger partial charge is 0.497 e. The molecule has 4 aromatic rings. The molecule has 222 valence electrons. The summed E-state index contributed by atoms with van der Waals surface area (Å²) in [6.45, 7) is 0. The van der Waals surface area contributed by atoms with Crippen LogP contribution in [0.15, 0.2) is 77.7 Å². The molecule has 43 heavy (non-hydrogen) atoms. The summed E-state index contributed by atoms with van der Waals surface area (Å²) in [5.41, 5.74) is 0.489. The Labute approximate surface area is 271 Å². The molecule has 1 unspecified atom stereocenters. The van der Waals surface area contributed by atoms with Crippen molar-refractivity contribution >= 4 is 87.3 Å². The molecule has 0 aliphatic rings. The van der Waals surface area contributed by atoms with E-state index in [-0.39, 0.29) is 21.0 Å². The number of thioether (sulfide) groups is 1. The zero-order chi connectivity index (χ0) is 31.3. The van der Waals surface area contributed by atoms with Gasteiger partial charge < -0.3 is 25.2 Å². The molecule has 2 amide bonds. The first kappa shape index (κ1) is 32.3. The minimum Gasteiger partial charge on any atom is -0.497 e. The Kier molecular flexibility index (Phi) is 10.7. The van der Waals surface area contributed by atoms with E-state index in [1.807, 2.05) is 30.3 Å². The Morgan fingerprint density at radius 3 is 1.91 bits per heavy atom. The summed E-state index contributed by atoms with van der Waals surface area (Å²) < 4.78 is 10.6. The minimum absolute atomic E-state index is 0.252. The molecule has 3 N–H and O–H groups in total. The normalized spacial score (nSPS) is 11.4. The van der Waals surface area contributed by atoms with Gasteiger partial charge >= 0.3 is 5.97 Å². The van der Waals surface area contributed by atoms with Crippen LogP contribution in [-0.2, 0) is 4.79 Å². The SMILES string of the molecule is COc1cc(NC(=O)C(Sc2cccc(NC(=O)c3c(Cl)c(Cl)c(Cl)c(Cl)c3C(=O)O)c2)c2ccccc2)cc(OC)c1. The van der Waals surface area contributed by atoms with E-state index in [0.717, 1.165) is 5.56 Å². The highest BCUT2D eigenvalue weighted by atomic mass is 35.5. The van der Waals surface area contributed by atoms with Crippen molar-refractivity contribution in [3.8, 4) is 11.5 Å². The second-order valence-corrected chi connectivity index (χ2v) is 11.5. The Morgan fingerprint density at radius 2 is 1.33 bits per heavy atom. The molecule has 4 aromatic carbocycles. The van der Waals surface area contributed by atoms with Gasteiger partial charge in [-0.3, -0.25) is 9.59 Å². The molecule has 0 radical (unpaired) electrons. The first-order valence-electron chi connectivity index (χ1n) is 12.3. The number of hydrogen-bond acceptors (Lipinski definition) is 6. The molecule has 0 aromatic heterocycles. The highest BCUT2D eigenvalue weighted by Gasteiger charge is 2.29. The van der Waals surface area contributed by atoms with Gasteiger partial charge in [0.15, 0.2) is 0 Å². The molecule has 0 fully saturated rings. The summed E-state index contributed by atoms with van der Waals surface area (Å²) >= 11 is 25.7. The molecular formula is C30H22Cl4N2O6S. The molecular weight excluding hydrogens is 658 g/mol. The van der Waals surface area contributed by atoms with E-state index < -0.39 is 33.3 Å². The second kappa shape index (κ2) is 14.2. The number of hydrogen-bond donors (Lipinski definition) is 3. The molecule has 0 aliphatic carbocycles. The van der Waals surface area contributed by atoms with Gasteiger partial charge in [0.2, 0.25) is 5.91 Å². The third-order valence-corrected chi connectivity index (χ3v) is 9.06. The summed E-state index contributed by atoms with van der Waals surface area (Å²) in [5, 5.41) is 13.2. The fourth-order valence-corrected chi connectivity index (χ4v) is 6.11. The highest BCUT2D eigenvalue weighted by molar-refractivity contribution is 8.00. The number of anilines is 2. The van der Waals surface area contributed by atoms with Crippen molar-refractivity contribution in [2.75, 3.05) is 24.9 Å². The quantitative estimate of drug-likeness (QED) is 0.0872. The van der Waals surface area contributed by atoms with Crippen molar-refractivity contribution in [1.29, 1.82) is 0 Å². The van der Waals surface area contributed by atoms with Gasteiger partial charge in [0, 0.05) is 34.5 Å². The first-order chi connectivity index (χ1) is 20.5. The minimum atomic E-state index is -1.51. The third-order valence-electron chi connectivity index (χ3n) is 6.01. The fourth-order valence-electron chi connectivity index (χ4n) is 4.01. The van der Waals surface area contributed by atoms with Crippen LogP contribution in [0.3, 0.4) is 0 Å². The van der Waals surface area contributed by atoms with Crippen LogP contribution in [-0.4, -0.2) is 37.1 Å². The number of carboxylic acids is 1. The van der Waals surface area contributed by atoms with Gasteiger partial charge in [-0.15, -0.1) is 11.8 Å². The number of methoxy groups -OCH3 is 2. The Balaban J connectivity index is 1.63. The van der Waals surface area contributed by atoms with Gasteiger partial charge in [0.1, 0.15) is 16.7 Å². The number of benzene rings is 4. The molecule has 0 saturated heterocycles. The van der Waals surface area contributed by atoms with Gasteiger partial charge in [-0.1, -0.05) is 82.8 Å². The smallest absolute Gasteiger partial charge is 0.338 e. The fraction of sp³-hybridized carbons (Fsp3) is 0.100. The van der Waals surface area contributed by atoms with Crippen LogP contribution in [0.1, 0.15) is 31.5 Å². The first-order valence-corrected chi connectivity index (χ1v) is 14.7. The Hall–Kier alpha value is -3.60. The van der Waals surface area contributed by atoms with E-state index in [2.05, 4.69) is 10.6 Å². The average molecular weight is 680 g/mol. The van der Waals surface area contributed by atoms with Crippen LogP contribution in [0.4, 0.5) is 11.4 Å². The van der Waals surface area contributed by atoms with Gasteiger partial charge in [0.05, 0.1) is 45.4 Å². The summed E-state index contributed by atoms with van der Waals surface area (Å²) in [7, 11) is 3.03. The number of carbonyl (C=O) groups is 3. The van der Waals surface area contributed by atoms with E-state index in [1.165, 1.54) is 26.0 Å². The summed E-state index contributed by atoms with van der Waals surface area (Å²) in [4.78, 5) is 39.4. The second-order valence-electron chi connectivity index (χ2n) is 8.79. The number of rotatable bonds is 10. The van der Waals surface area contributed by atoms with Crippen LogP contribution in [0, 0.1) is 0 Å². The standard InChI is InChI=1S/C30H22Cl4N2O6S/c1-41-18-11-17(12-19(14-18)42-2)36-29(38)27(15-7-4-3-5-8-15)43-20-10-6-9-16(13-20)35-28(37)21-22(30(39)40)24(32)26(34)25(33)23(21)31/h3-14,27H,1-2H3,(H,35,37)(H,36,38)(H,39,40). The van der Waals surface area contributed by atoms with Crippen LogP contribution in [0.5, 0.6) is 11.5 Å². The molecule has 1 atom stereocenters. The molecule has 13 heteroatoms. The van der Waals surface area contributed by atoms with Crippen molar-refractivity contribution in [3.63, 3.8) is 0 Å². The monoisotopic (exact) mass is 678 g/mol. The maximum absolute atomic E-state index is 13.6. The number of ether oxygens (including phenoxy) is 2. The zero-order valence-corrected chi connectivity index (χ0v) is 26.3. The zero-order valence-electron chi connectivity index (χ0n) is 22.4. The van der Waals surface area contributed by atoms with Crippen LogP contribution in [0.2, 0.25) is 20.1 Å². The highest BCUT2D eigenvalue weighted by Crippen LogP contribution is 2.42. The number of aromatic carboxylic acids is 1. The topological polar surface area (TPSA) is 114 Å². The molecule has 0 saturated carbocycles. The van der Waals surface area contributed by atoms with E-state index in [9.17, 15) is 19.5 Å². The van der Waals surface area contributed by atoms with Gasteiger partial charge in [0.25, 0.3) is 5.91 Å². The Morgan fingerprint density at radius 1 is 0.721 bits per heavy atom. The maximum atomic E-state index is 13.6. The van der Waals surface area contributed by atoms with Crippen molar-refractivity contribution in [2.24, 2.45) is 0 Å². The maximum Gasteiger partial charge on any atom is 0.338 e. The molecule has 0 bridgehead atoms. The lowest BCUT2D eigenvalue weighted by atomic mass is 10.1. The van der Waals surface area contributed by atoms with Gasteiger partial charge in [-0.2, -0.15) is 0 Å². The predicted molar refractivity (Wildman–Crippen MR) is 171 cm³/mol. The van der Waals surface area contributed by atoms with Gasteiger partial charge in [-0.05, 0) is 23.8 Å². The lowest BCUT2D eigenvalue weighted by molar-refractivity contribution is -0.115. The van der Waals surface area contributed by atoms with Crippen molar-refractivity contribution in [2.45, 2.75) is 10.1 Å².